The van der Waals surface area contributed by atoms with Gasteiger partial charge in [0.2, 0.25) is 5.91 Å². The second kappa shape index (κ2) is 10.8. The second-order valence-corrected chi connectivity index (χ2v) is 8.62. The topological polar surface area (TPSA) is 106 Å². The molecule has 0 aliphatic carbocycles. The van der Waals surface area contributed by atoms with Crippen molar-refractivity contribution in [3.05, 3.63) is 101 Å². The van der Waals surface area contributed by atoms with Crippen molar-refractivity contribution in [1.29, 1.82) is 5.26 Å². The average molecular weight is 465 g/mol. The minimum absolute atomic E-state index is 0.153. The SMILES string of the molecule is Cc1n[nH]c(C)c1-c1ccc(NC(=O)C(NC[C@@H](C)c2ccc(C#N)cc2)c2ccccc2)nc1. The van der Waals surface area contributed by atoms with Gasteiger partial charge in [-0.1, -0.05) is 49.4 Å². The first-order chi connectivity index (χ1) is 17.0. The summed E-state index contributed by atoms with van der Waals surface area (Å²) >= 11 is 0. The summed E-state index contributed by atoms with van der Waals surface area (Å²) in [6, 6.07) is 22.5. The van der Waals surface area contributed by atoms with Crippen LogP contribution in [0.15, 0.2) is 72.9 Å². The van der Waals surface area contributed by atoms with Crippen molar-refractivity contribution in [3.63, 3.8) is 0 Å². The number of nitrogens with one attached hydrogen (secondary N) is 3. The Labute approximate surface area is 205 Å². The Bertz CT molecular complexity index is 1300. The van der Waals surface area contributed by atoms with Gasteiger partial charge in [-0.15, -0.1) is 0 Å². The summed E-state index contributed by atoms with van der Waals surface area (Å²) in [5.41, 5.74) is 6.46. The lowest BCUT2D eigenvalue weighted by atomic mass is 9.98. The molecule has 2 heterocycles. The zero-order valence-corrected chi connectivity index (χ0v) is 20.0. The van der Waals surface area contributed by atoms with E-state index in [0.717, 1.165) is 33.6 Å². The number of aromatic amines is 1. The van der Waals surface area contributed by atoms with Crippen molar-refractivity contribution in [2.24, 2.45) is 0 Å². The van der Waals surface area contributed by atoms with Crippen LogP contribution in [0.1, 0.15) is 47.0 Å². The first-order valence-corrected chi connectivity index (χ1v) is 11.5. The Morgan fingerprint density at radius 3 is 2.37 bits per heavy atom. The van der Waals surface area contributed by atoms with Gasteiger partial charge in [0, 0.05) is 29.6 Å². The normalized spacial score (nSPS) is 12.5. The van der Waals surface area contributed by atoms with Crippen LogP contribution in [0.5, 0.6) is 0 Å². The Kier molecular flexibility index (Phi) is 7.34. The molecule has 0 spiro atoms. The fourth-order valence-corrected chi connectivity index (χ4v) is 4.10. The van der Waals surface area contributed by atoms with Crippen molar-refractivity contribution in [2.45, 2.75) is 32.7 Å². The monoisotopic (exact) mass is 464 g/mol. The van der Waals surface area contributed by atoms with E-state index >= 15 is 0 Å². The fraction of sp³-hybridized carbons (Fsp3) is 0.214. The van der Waals surface area contributed by atoms with E-state index in [1.165, 1.54) is 0 Å². The van der Waals surface area contributed by atoms with Gasteiger partial charge in [-0.05, 0) is 55.2 Å². The van der Waals surface area contributed by atoms with Gasteiger partial charge in [-0.25, -0.2) is 4.98 Å². The van der Waals surface area contributed by atoms with Crippen molar-refractivity contribution in [1.82, 2.24) is 20.5 Å². The number of amides is 1. The number of aryl methyl sites for hydroxylation is 2. The highest BCUT2D eigenvalue weighted by Crippen LogP contribution is 2.25. The fourth-order valence-electron chi connectivity index (χ4n) is 4.10. The molecule has 1 amide bonds. The Morgan fingerprint density at radius 1 is 1.03 bits per heavy atom. The molecule has 7 nitrogen and oxygen atoms in total. The molecule has 0 aliphatic rings. The molecule has 0 aliphatic heterocycles. The standard InChI is InChI=1S/C28H28N6O/c1-18(22-11-9-21(15-29)10-12-22)16-31-27(23-7-5-4-6-8-23)28(35)32-25-14-13-24(17-30-25)26-19(2)33-34-20(26)3/h4-14,17-18,27,31H,16H2,1-3H3,(H,33,34)(H,30,32,35)/t18-,27?/m1/s1. The molecule has 35 heavy (non-hydrogen) atoms. The molecular formula is C28H28N6O. The van der Waals surface area contributed by atoms with Crippen LogP contribution in [0.3, 0.4) is 0 Å². The van der Waals surface area contributed by atoms with Gasteiger partial charge in [-0.2, -0.15) is 10.4 Å². The number of rotatable bonds is 8. The van der Waals surface area contributed by atoms with Gasteiger partial charge in [-0.3, -0.25) is 9.89 Å². The molecule has 2 aromatic heterocycles. The molecule has 0 saturated heterocycles. The van der Waals surface area contributed by atoms with Crippen LogP contribution in [-0.2, 0) is 4.79 Å². The van der Waals surface area contributed by atoms with E-state index in [2.05, 4.69) is 38.8 Å². The van der Waals surface area contributed by atoms with Crippen LogP contribution >= 0.6 is 0 Å². The molecular weight excluding hydrogens is 436 g/mol. The third-order valence-corrected chi connectivity index (χ3v) is 6.06. The van der Waals surface area contributed by atoms with Crippen molar-refractivity contribution < 1.29 is 4.79 Å². The molecule has 0 bridgehead atoms. The number of carbonyl (C=O) groups is 1. The molecule has 2 aromatic carbocycles. The Balaban J connectivity index is 1.47. The summed E-state index contributed by atoms with van der Waals surface area (Å²) in [6.45, 7) is 6.60. The van der Waals surface area contributed by atoms with Crippen LogP contribution in [0.25, 0.3) is 11.1 Å². The number of nitrogens with zero attached hydrogens (tertiary/aromatic N) is 3. The molecule has 176 valence electrons. The first kappa shape index (κ1) is 23.9. The minimum Gasteiger partial charge on any atom is -0.309 e. The van der Waals surface area contributed by atoms with Gasteiger partial charge >= 0.3 is 0 Å². The predicted octanol–water partition coefficient (Wildman–Crippen LogP) is 5.03. The van der Waals surface area contributed by atoms with Gasteiger partial charge in [0.25, 0.3) is 0 Å². The maximum Gasteiger partial charge on any atom is 0.247 e. The number of hydrogen-bond acceptors (Lipinski definition) is 5. The number of benzene rings is 2. The van der Waals surface area contributed by atoms with E-state index in [0.29, 0.717) is 17.9 Å². The Hall–Kier alpha value is -4.28. The molecule has 3 N–H and O–H groups in total. The number of H-pyrrole nitrogens is 1. The van der Waals surface area contributed by atoms with Crippen molar-refractivity contribution in [2.75, 3.05) is 11.9 Å². The minimum atomic E-state index is -0.545. The quantitative estimate of drug-likeness (QED) is 0.339. The molecule has 0 saturated carbocycles. The number of hydrogen-bond donors (Lipinski definition) is 3. The van der Waals surface area contributed by atoms with Crippen molar-refractivity contribution >= 4 is 11.7 Å². The van der Waals surface area contributed by atoms with Crippen LogP contribution in [0.2, 0.25) is 0 Å². The number of anilines is 1. The molecule has 4 aromatic rings. The number of pyridine rings is 1. The van der Waals surface area contributed by atoms with E-state index in [9.17, 15) is 4.79 Å². The third kappa shape index (κ3) is 5.62. The molecule has 1 unspecified atom stereocenters. The van der Waals surface area contributed by atoms with E-state index in [-0.39, 0.29) is 11.8 Å². The van der Waals surface area contributed by atoms with Gasteiger partial charge < -0.3 is 10.6 Å². The zero-order valence-electron chi connectivity index (χ0n) is 20.0. The van der Waals surface area contributed by atoms with E-state index in [1.54, 1.807) is 12.3 Å². The lowest BCUT2D eigenvalue weighted by Crippen LogP contribution is -2.35. The molecule has 0 fully saturated rings. The maximum atomic E-state index is 13.3. The zero-order chi connectivity index (χ0) is 24.8. The van der Waals surface area contributed by atoms with Crippen LogP contribution < -0.4 is 10.6 Å². The largest absolute Gasteiger partial charge is 0.309 e. The lowest BCUT2D eigenvalue weighted by molar-refractivity contribution is -0.118. The molecule has 0 radical (unpaired) electrons. The van der Waals surface area contributed by atoms with Crippen LogP contribution in [0, 0.1) is 25.2 Å². The molecule has 7 heteroatoms. The summed E-state index contributed by atoms with van der Waals surface area (Å²) in [5, 5.41) is 22.6. The van der Waals surface area contributed by atoms with Gasteiger partial charge in [0.15, 0.2) is 0 Å². The number of carbonyl (C=O) groups excluding carboxylic acids is 1. The number of aromatic nitrogens is 3. The van der Waals surface area contributed by atoms with Gasteiger partial charge in [0.05, 0.1) is 17.3 Å². The summed E-state index contributed by atoms with van der Waals surface area (Å²) in [7, 11) is 0. The van der Waals surface area contributed by atoms with E-state index < -0.39 is 6.04 Å². The highest BCUT2D eigenvalue weighted by Gasteiger charge is 2.22. The summed E-state index contributed by atoms with van der Waals surface area (Å²) < 4.78 is 0. The molecule has 2 atom stereocenters. The number of nitriles is 1. The maximum absolute atomic E-state index is 13.3. The lowest BCUT2D eigenvalue weighted by Gasteiger charge is -2.21. The average Bonchev–Trinajstić information content (AvgIpc) is 3.23. The second-order valence-electron chi connectivity index (χ2n) is 8.62. The first-order valence-electron chi connectivity index (χ1n) is 11.5. The predicted molar refractivity (Wildman–Crippen MR) is 137 cm³/mol. The summed E-state index contributed by atoms with van der Waals surface area (Å²) in [4.78, 5) is 17.8. The van der Waals surface area contributed by atoms with Crippen molar-refractivity contribution in [3.8, 4) is 17.2 Å². The van der Waals surface area contributed by atoms with Crippen LogP contribution in [-0.4, -0.2) is 27.6 Å². The van der Waals surface area contributed by atoms with E-state index in [1.807, 2.05) is 74.5 Å². The highest BCUT2D eigenvalue weighted by atomic mass is 16.2. The smallest absolute Gasteiger partial charge is 0.247 e. The van der Waals surface area contributed by atoms with Crippen LogP contribution in [0.4, 0.5) is 5.82 Å². The molecule has 4 rings (SSSR count). The van der Waals surface area contributed by atoms with Gasteiger partial charge in [0.1, 0.15) is 11.9 Å². The summed E-state index contributed by atoms with van der Waals surface area (Å²) in [6.07, 6.45) is 1.75. The summed E-state index contributed by atoms with van der Waals surface area (Å²) in [5.74, 6) is 0.458. The highest BCUT2D eigenvalue weighted by molar-refractivity contribution is 5.95. The third-order valence-electron chi connectivity index (χ3n) is 6.06. The van der Waals surface area contributed by atoms with E-state index in [4.69, 9.17) is 5.26 Å². The Morgan fingerprint density at radius 2 is 1.77 bits per heavy atom.